The van der Waals surface area contributed by atoms with E-state index < -0.39 is 17.2 Å². The molecule has 0 aliphatic rings. The summed E-state index contributed by atoms with van der Waals surface area (Å²) in [5.74, 6) is 0. The number of hydrogen-bond acceptors (Lipinski definition) is 2. The highest BCUT2D eigenvalue weighted by atomic mass is 19.4. The molecule has 0 fully saturated rings. The van der Waals surface area contributed by atoms with Gasteiger partial charge in [0.1, 0.15) is 11.2 Å². The summed E-state index contributed by atoms with van der Waals surface area (Å²) in [5.41, 5.74) is -1.11. The minimum atomic E-state index is -4.59. The third kappa shape index (κ3) is 1.50. The van der Waals surface area contributed by atoms with E-state index in [9.17, 15) is 18.0 Å². The maximum atomic E-state index is 13.2. The Morgan fingerprint density at radius 1 is 1.00 bits per heavy atom. The van der Waals surface area contributed by atoms with E-state index in [-0.39, 0.29) is 10.9 Å². The molecule has 3 nitrogen and oxygen atoms in total. The van der Waals surface area contributed by atoms with Gasteiger partial charge in [-0.1, -0.05) is 24.3 Å². The first-order chi connectivity index (χ1) is 9.98. The maximum absolute atomic E-state index is 13.2. The van der Waals surface area contributed by atoms with Gasteiger partial charge in [0.2, 0.25) is 5.43 Å². The summed E-state index contributed by atoms with van der Waals surface area (Å²) in [7, 11) is 0. The van der Waals surface area contributed by atoms with E-state index in [1.165, 1.54) is 22.7 Å². The Morgan fingerprint density at radius 2 is 1.71 bits per heavy atom. The molecule has 0 aliphatic heterocycles. The van der Waals surface area contributed by atoms with Crippen LogP contribution in [0.25, 0.3) is 27.5 Å². The topological polar surface area (TPSA) is 34.4 Å². The van der Waals surface area contributed by atoms with E-state index >= 15 is 0 Å². The molecule has 0 radical (unpaired) electrons. The first kappa shape index (κ1) is 12.1. The summed E-state index contributed by atoms with van der Waals surface area (Å²) in [6, 6.07) is 8.80. The van der Waals surface area contributed by atoms with Crippen molar-refractivity contribution in [1.29, 1.82) is 0 Å². The molecule has 0 N–H and O–H groups in total. The number of aromatic nitrogens is 2. The highest BCUT2D eigenvalue weighted by Crippen LogP contribution is 2.34. The second kappa shape index (κ2) is 3.72. The average Bonchev–Trinajstić information content (AvgIpc) is 2.88. The molecule has 0 bridgehead atoms. The monoisotopic (exact) mass is 288 g/mol. The fourth-order valence-corrected chi connectivity index (χ4v) is 2.75. The minimum Gasteiger partial charge on any atom is -0.288 e. The Morgan fingerprint density at radius 3 is 2.43 bits per heavy atom. The summed E-state index contributed by atoms with van der Waals surface area (Å²) in [6.45, 7) is 0. The standard InChI is InChI=1S/C15H7F3N2O/c16-15(17,18)10-5-6-12-19-7-11-8-3-1-2-4-9(8)14(21)13(10)20(11)12/h1-7H. The van der Waals surface area contributed by atoms with Crippen molar-refractivity contribution in [2.75, 3.05) is 0 Å². The molecule has 0 atom stereocenters. The molecule has 0 aliphatic carbocycles. The predicted molar refractivity (Wildman–Crippen MR) is 72.7 cm³/mol. The van der Waals surface area contributed by atoms with Crippen molar-refractivity contribution in [1.82, 2.24) is 9.38 Å². The lowest BCUT2D eigenvalue weighted by atomic mass is 10.1. The Kier molecular flexibility index (Phi) is 2.15. The summed E-state index contributed by atoms with van der Waals surface area (Å²) in [6.07, 6.45) is -3.10. The van der Waals surface area contributed by atoms with Gasteiger partial charge in [-0.15, -0.1) is 0 Å². The SMILES string of the molecule is O=c1c2ccccc2c2cnc3ccc(C(F)(F)F)c1n32. The molecule has 0 saturated carbocycles. The van der Waals surface area contributed by atoms with Crippen LogP contribution in [-0.4, -0.2) is 9.38 Å². The van der Waals surface area contributed by atoms with Crippen molar-refractivity contribution in [2.24, 2.45) is 0 Å². The molecule has 4 aromatic rings. The lowest BCUT2D eigenvalue weighted by Gasteiger charge is -2.12. The van der Waals surface area contributed by atoms with Crippen LogP contribution >= 0.6 is 0 Å². The summed E-state index contributed by atoms with van der Waals surface area (Å²) in [5, 5.41) is 0.866. The van der Waals surface area contributed by atoms with Crippen LogP contribution in [0.15, 0.2) is 47.4 Å². The lowest BCUT2D eigenvalue weighted by Crippen LogP contribution is -2.16. The van der Waals surface area contributed by atoms with Gasteiger partial charge in [-0.3, -0.25) is 9.20 Å². The quantitative estimate of drug-likeness (QED) is 0.464. The number of fused-ring (bicyclic) bond motifs is 2. The van der Waals surface area contributed by atoms with Gasteiger partial charge in [-0.05, 0) is 12.1 Å². The zero-order chi connectivity index (χ0) is 14.8. The number of nitrogens with zero attached hydrogens (tertiary/aromatic N) is 2. The third-order valence-electron chi connectivity index (χ3n) is 3.64. The number of halogens is 3. The molecule has 21 heavy (non-hydrogen) atoms. The van der Waals surface area contributed by atoms with Crippen LogP contribution in [0.2, 0.25) is 0 Å². The fraction of sp³-hybridized carbons (Fsp3) is 0.0667. The summed E-state index contributed by atoms with van der Waals surface area (Å²) < 4.78 is 40.9. The van der Waals surface area contributed by atoms with Crippen molar-refractivity contribution in [3.05, 3.63) is 58.4 Å². The van der Waals surface area contributed by atoms with Gasteiger partial charge in [0.25, 0.3) is 0 Å². The minimum absolute atomic E-state index is 0.267. The van der Waals surface area contributed by atoms with Crippen molar-refractivity contribution in [3.63, 3.8) is 0 Å². The number of hydrogen-bond donors (Lipinski definition) is 0. The van der Waals surface area contributed by atoms with Crippen molar-refractivity contribution in [2.45, 2.75) is 6.18 Å². The normalized spacial score (nSPS) is 12.7. The molecular weight excluding hydrogens is 281 g/mol. The lowest BCUT2D eigenvalue weighted by molar-refractivity contribution is -0.136. The largest absolute Gasteiger partial charge is 0.418 e. The number of imidazole rings is 1. The molecule has 104 valence electrons. The number of alkyl halides is 3. The predicted octanol–water partition coefficient (Wildman–Crippen LogP) is 3.46. The third-order valence-corrected chi connectivity index (χ3v) is 3.64. The van der Waals surface area contributed by atoms with E-state index in [0.29, 0.717) is 16.6 Å². The number of pyridine rings is 2. The molecule has 0 unspecified atom stereocenters. The molecule has 0 spiro atoms. The molecular formula is C15H7F3N2O. The molecule has 0 amide bonds. The second-order valence-corrected chi connectivity index (χ2v) is 4.81. The van der Waals surface area contributed by atoms with Crippen LogP contribution in [-0.2, 0) is 6.18 Å². The Bertz CT molecular complexity index is 1050. The highest BCUT2D eigenvalue weighted by molar-refractivity contribution is 6.00. The maximum Gasteiger partial charge on any atom is 0.418 e. The molecule has 4 rings (SSSR count). The van der Waals surface area contributed by atoms with Gasteiger partial charge in [-0.25, -0.2) is 4.98 Å². The van der Waals surface area contributed by atoms with Crippen LogP contribution < -0.4 is 5.43 Å². The van der Waals surface area contributed by atoms with Gasteiger partial charge in [0, 0.05) is 10.8 Å². The van der Waals surface area contributed by atoms with Crippen molar-refractivity contribution >= 4 is 27.5 Å². The molecule has 1 aromatic carbocycles. The first-order valence-corrected chi connectivity index (χ1v) is 6.20. The van der Waals surface area contributed by atoms with Gasteiger partial charge in [0.05, 0.1) is 17.3 Å². The molecule has 3 aromatic heterocycles. The van der Waals surface area contributed by atoms with Crippen LogP contribution in [0.5, 0.6) is 0 Å². The van der Waals surface area contributed by atoms with Gasteiger partial charge >= 0.3 is 6.18 Å². The Balaban J connectivity index is 2.41. The van der Waals surface area contributed by atoms with Crippen molar-refractivity contribution < 1.29 is 13.2 Å². The molecule has 6 heteroatoms. The highest BCUT2D eigenvalue weighted by Gasteiger charge is 2.35. The average molecular weight is 288 g/mol. The first-order valence-electron chi connectivity index (χ1n) is 6.20. The molecule has 0 saturated heterocycles. The zero-order valence-corrected chi connectivity index (χ0v) is 10.5. The number of rotatable bonds is 0. The fourth-order valence-electron chi connectivity index (χ4n) is 2.75. The Labute approximate surface area is 115 Å². The van der Waals surface area contributed by atoms with Crippen molar-refractivity contribution in [3.8, 4) is 0 Å². The van der Waals surface area contributed by atoms with E-state index in [4.69, 9.17) is 0 Å². The van der Waals surface area contributed by atoms with E-state index in [1.807, 2.05) is 0 Å². The van der Waals surface area contributed by atoms with Crippen LogP contribution in [0.1, 0.15) is 5.56 Å². The zero-order valence-electron chi connectivity index (χ0n) is 10.5. The van der Waals surface area contributed by atoms with Gasteiger partial charge in [0.15, 0.2) is 0 Å². The number of benzene rings is 1. The summed E-state index contributed by atoms with van der Waals surface area (Å²) >= 11 is 0. The van der Waals surface area contributed by atoms with Crippen LogP contribution in [0, 0.1) is 0 Å². The molecule has 3 heterocycles. The smallest absolute Gasteiger partial charge is 0.288 e. The second-order valence-electron chi connectivity index (χ2n) is 4.81. The van der Waals surface area contributed by atoms with Crippen LogP contribution in [0.4, 0.5) is 13.2 Å². The Hall–Kier alpha value is -2.63. The van der Waals surface area contributed by atoms with E-state index in [0.717, 1.165) is 6.07 Å². The van der Waals surface area contributed by atoms with Gasteiger partial charge in [-0.2, -0.15) is 13.2 Å². The van der Waals surface area contributed by atoms with E-state index in [2.05, 4.69) is 4.98 Å². The van der Waals surface area contributed by atoms with Crippen LogP contribution in [0.3, 0.4) is 0 Å². The summed E-state index contributed by atoms with van der Waals surface area (Å²) in [4.78, 5) is 16.6. The van der Waals surface area contributed by atoms with E-state index in [1.54, 1.807) is 18.2 Å². The van der Waals surface area contributed by atoms with Gasteiger partial charge < -0.3 is 0 Å².